The first-order chi connectivity index (χ1) is 12.1. The van der Waals surface area contributed by atoms with Crippen LogP contribution in [0.3, 0.4) is 0 Å². The zero-order chi connectivity index (χ0) is 17.6. The van der Waals surface area contributed by atoms with Crippen LogP contribution in [0.25, 0.3) is 11.3 Å². The Morgan fingerprint density at radius 1 is 1.00 bits per heavy atom. The average Bonchev–Trinajstić information content (AvgIpc) is 2.67. The molecule has 1 aromatic carbocycles. The molecular formula is C17H12N4O3S. The van der Waals surface area contributed by atoms with E-state index in [0.717, 1.165) is 11.3 Å². The third-order valence-electron chi connectivity index (χ3n) is 3.37. The van der Waals surface area contributed by atoms with Gasteiger partial charge in [-0.15, -0.1) is 10.2 Å². The van der Waals surface area contributed by atoms with Crippen molar-refractivity contribution in [1.82, 2.24) is 15.2 Å². The first kappa shape index (κ1) is 16.7. The van der Waals surface area contributed by atoms with Crippen molar-refractivity contribution in [3.8, 4) is 11.3 Å². The van der Waals surface area contributed by atoms with Crippen LogP contribution in [-0.4, -0.2) is 31.6 Å². The Hall–Kier alpha value is -3.13. The zero-order valence-electron chi connectivity index (χ0n) is 12.9. The van der Waals surface area contributed by atoms with Crippen LogP contribution in [0.5, 0.6) is 0 Å². The second-order valence-corrected chi connectivity index (χ2v) is 6.00. The van der Waals surface area contributed by atoms with Gasteiger partial charge in [0.05, 0.1) is 16.4 Å². The topological polar surface area (TPSA) is 98.9 Å². The number of ketones is 1. The molecule has 0 aliphatic heterocycles. The van der Waals surface area contributed by atoms with Crippen LogP contribution in [0, 0.1) is 10.1 Å². The molecule has 0 aliphatic carbocycles. The van der Waals surface area contributed by atoms with E-state index in [1.165, 1.54) is 36.0 Å². The van der Waals surface area contributed by atoms with Gasteiger partial charge in [0, 0.05) is 35.7 Å². The Kier molecular flexibility index (Phi) is 5.10. The summed E-state index contributed by atoms with van der Waals surface area (Å²) in [5.74, 6) is 0.0566. The third kappa shape index (κ3) is 4.24. The number of benzene rings is 1. The number of nitro benzene ring substituents is 1. The van der Waals surface area contributed by atoms with Gasteiger partial charge in [0.15, 0.2) is 5.78 Å². The summed E-state index contributed by atoms with van der Waals surface area (Å²) in [5, 5.41) is 19.5. The highest BCUT2D eigenvalue weighted by Gasteiger charge is 2.11. The Balaban J connectivity index is 1.61. The van der Waals surface area contributed by atoms with E-state index >= 15 is 0 Å². The van der Waals surface area contributed by atoms with Crippen molar-refractivity contribution in [2.75, 3.05) is 5.75 Å². The molecule has 0 saturated carbocycles. The van der Waals surface area contributed by atoms with E-state index in [2.05, 4.69) is 15.2 Å². The first-order valence-electron chi connectivity index (χ1n) is 7.28. The molecule has 0 fully saturated rings. The molecule has 25 heavy (non-hydrogen) atoms. The van der Waals surface area contributed by atoms with E-state index in [4.69, 9.17) is 0 Å². The number of nitrogens with zero attached hydrogens (tertiary/aromatic N) is 4. The van der Waals surface area contributed by atoms with Crippen LogP contribution < -0.4 is 0 Å². The first-order valence-corrected chi connectivity index (χ1v) is 8.26. The van der Waals surface area contributed by atoms with Crippen LogP contribution in [-0.2, 0) is 0 Å². The molecule has 0 saturated heterocycles. The van der Waals surface area contributed by atoms with Crippen molar-refractivity contribution in [3.63, 3.8) is 0 Å². The molecule has 0 atom stereocenters. The molecule has 0 aliphatic rings. The van der Waals surface area contributed by atoms with Crippen molar-refractivity contribution in [2.45, 2.75) is 5.03 Å². The minimum Gasteiger partial charge on any atom is -0.293 e. The van der Waals surface area contributed by atoms with Crippen LogP contribution in [0.1, 0.15) is 10.4 Å². The molecule has 0 unspecified atom stereocenters. The van der Waals surface area contributed by atoms with Crippen molar-refractivity contribution < 1.29 is 9.72 Å². The predicted molar refractivity (Wildman–Crippen MR) is 93.4 cm³/mol. The normalized spacial score (nSPS) is 10.4. The van der Waals surface area contributed by atoms with Gasteiger partial charge in [0.2, 0.25) is 0 Å². The number of thioether (sulfide) groups is 1. The summed E-state index contributed by atoms with van der Waals surface area (Å²) in [6, 6.07) is 12.9. The van der Waals surface area contributed by atoms with Crippen molar-refractivity contribution in [3.05, 3.63) is 76.6 Å². The van der Waals surface area contributed by atoms with Crippen molar-refractivity contribution in [1.29, 1.82) is 0 Å². The number of non-ortho nitro benzene ring substituents is 1. The lowest BCUT2D eigenvalue weighted by molar-refractivity contribution is -0.384. The predicted octanol–water partition coefficient (Wildman–Crippen LogP) is 3.42. The second kappa shape index (κ2) is 7.63. The molecule has 3 rings (SSSR count). The van der Waals surface area contributed by atoms with Crippen LogP contribution in [0.2, 0.25) is 0 Å². The maximum absolute atomic E-state index is 12.1. The SMILES string of the molecule is O=C(CSc1ccc(-c2ccncc2)nn1)c1ccc([N+](=O)[O-])cc1. The number of carbonyl (C=O) groups is 1. The van der Waals surface area contributed by atoms with Gasteiger partial charge in [-0.05, 0) is 36.4 Å². The molecule has 7 nitrogen and oxygen atoms in total. The summed E-state index contributed by atoms with van der Waals surface area (Å²) in [6.07, 6.45) is 3.37. The van der Waals surface area contributed by atoms with Gasteiger partial charge in [-0.25, -0.2) is 0 Å². The maximum atomic E-state index is 12.1. The fourth-order valence-corrected chi connectivity index (χ4v) is 2.77. The van der Waals surface area contributed by atoms with Gasteiger partial charge in [-0.2, -0.15) is 0 Å². The van der Waals surface area contributed by atoms with Crippen molar-refractivity contribution in [2.24, 2.45) is 0 Å². The number of hydrogen-bond acceptors (Lipinski definition) is 7. The van der Waals surface area contributed by atoms with Crippen LogP contribution >= 0.6 is 11.8 Å². The molecule has 2 heterocycles. The monoisotopic (exact) mass is 352 g/mol. The van der Waals surface area contributed by atoms with E-state index < -0.39 is 4.92 Å². The molecule has 3 aromatic rings. The van der Waals surface area contributed by atoms with Gasteiger partial charge in [-0.3, -0.25) is 19.9 Å². The standard InChI is InChI=1S/C17H12N4O3S/c22-16(13-1-3-14(4-2-13)21(23)24)11-25-17-6-5-15(19-20-17)12-7-9-18-10-8-12/h1-10H,11H2. The maximum Gasteiger partial charge on any atom is 0.269 e. The molecule has 0 spiro atoms. The molecule has 8 heteroatoms. The molecule has 0 radical (unpaired) electrons. The molecule has 0 amide bonds. The highest BCUT2D eigenvalue weighted by atomic mass is 32.2. The van der Waals surface area contributed by atoms with Gasteiger partial charge < -0.3 is 0 Å². The fourth-order valence-electron chi connectivity index (χ4n) is 2.07. The Bertz CT molecular complexity index is 884. The highest BCUT2D eigenvalue weighted by Crippen LogP contribution is 2.20. The summed E-state index contributed by atoms with van der Waals surface area (Å²) in [6.45, 7) is 0. The highest BCUT2D eigenvalue weighted by molar-refractivity contribution is 7.99. The smallest absolute Gasteiger partial charge is 0.269 e. The van der Waals surface area contributed by atoms with Gasteiger partial charge in [0.1, 0.15) is 5.03 Å². The second-order valence-electron chi connectivity index (χ2n) is 5.01. The number of hydrogen-bond donors (Lipinski definition) is 0. The average molecular weight is 352 g/mol. The quantitative estimate of drug-likeness (QED) is 0.290. The molecular weight excluding hydrogens is 340 g/mol. The number of carbonyl (C=O) groups excluding carboxylic acids is 1. The molecule has 124 valence electrons. The van der Waals surface area contributed by atoms with E-state index in [1.807, 2.05) is 18.2 Å². The Morgan fingerprint density at radius 2 is 1.72 bits per heavy atom. The van der Waals surface area contributed by atoms with Crippen LogP contribution in [0.15, 0.2) is 66.0 Å². The minimum absolute atomic E-state index is 0.0400. The molecule has 2 aromatic heterocycles. The number of nitro groups is 1. The van der Waals surface area contributed by atoms with Gasteiger partial charge in [-0.1, -0.05) is 11.8 Å². The van der Waals surface area contributed by atoms with Crippen molar-refractivity contribution >= 4 is 23.2 Å². The van der Waals surface area contributed by atoms with Gasteiger partial charge in [0.25, 0.3) is 5.69 Å². The molecule has 0 bridgehead atoms. The van der Waals surface area contributed by atoms with E-state index in [-0.39, 0.29) is 17.2 Å². The number of rotatable bonds is 6. The lowest BCUT2D eigenvalue weighted by Crippen LogP contribution is -2.03. The summed E-state index contributed by atoms with van der Waals surface area (Å²) in [4.78, 5) is 26.2. The minimum atomic E-state index is -0.497. The number of pyridine rings is 1. The number of aromatic nitrogens is 3. The lowest BCUT2D eigenvalue weighted by atomic mass is 10.1. The van der Waals surface area contributed by atoms with E-state index in [1.54, 1.807) is 18.5 Å². The largest absolute Gasteiger partial charge is 0.293 e. The summed E-state index contributed by atoms with van der Waals surface area (Å²) < 4.78 is 0. The summed E-state index contributed by atoms with van der Waals surface area (Å²) in [7, 11) is 0. The summed E-state index contributed by atoms with van der Waals surface area (Å²) in [5.41, 5.74) is 2.04. The summed E-state index contributed by atoms with van der Waals surface area (Å²) >= 11 is 1.27. The zero-order valence-corrected chi connectivity index (χ0v) is 13.7. The van der Waals surface area contributed by atoms with Crippen LogP contribution in [0.4, 0.5) is 5.69 Å². The fraction of sp³-hybridized carbons (Fsp3) is 0.0588. The van der Waals surface area contributed by atoms with Gasteiger partial charge >= 0.3 is 0 Å². The Morgan fingerprint density at radius 3 is 2.32 bits per heavy atom. The van der Waals surface area contributed by atoms with E-state index in [0.29, 0.717) is 10.6 Å². The lowest BCUT2D eigenvalue weighted by Gasteiger charge is -2.02. The molecule has 0 N–H and O–H groups in total. The van der Waals surface area contributed by atoms with E-state index in [9.17, 15) is 14.9 Å². The number of Topliss-reactive ketones (excluding diaryl/α,β-unsaturated/α-hetero) is 1. The third-order valence-corrected chi connectivity index (χ3v) is 4.29. The Labute approximate surface area is 147 Å².